The molecule has 0 aromatic carbocycles. The van der Waals surface area contributed by atoms with Crippen LogP contribution in [0.3, 0.4) is 0 Å². The highest BCUT2D eigenvalue weighted by atomic mass is 16.6. The highest BCUT2D eigenvalue weighted by molar-refractivity contribution is 5.70. The molecule has 0 aliphatic carbocycles. The van der Waals surface area contributed by atoms with Gasteiger partial charge in [0.1, 0.15) is 6.07 Å². The molecule has 1 rings (SSSR count). The van der Waals surface area contributed by atoms with Crippen molar-refractivity contribution < 1.29 is 14.3 Å². The second-order valence-corrected chi connectivity index (χ2v) is 2.79. The maximum atomic E-state index is 11.0. The van der Waals surface area contributed by atoms with Crippen LogP contribution in [-0.4, -0.2) is 43.9 Å². The Kier molecular flexibility index (Phi) is 3.53. The molecule has 1 saturated heterocycles. The fourth-order valence-electron chi connectivity index (χ4n) is 1.16. The number of rotatable bonds is 4. The fraction of sp³-hybridized carbons (Fsp3) is 0.750. The summed E-state index contributed by atoms with van der Waals surface area (Å²) in [6.45, 7) is 1.57. The predicted molar refractivity (Wildman–Crippen MR) is 43.9 cm³/mol. The minimum atomic E-state index is -0.602. The van der Waals surface area contributed by atoms with Crippen molar-refractivity contribution in [3.63, 3.8) is 0 Å². The van der Waals surface area contributed by atoms with Crippen LogP contribution in [0.2, 0.25) is 0 Å². The summed E-state index contributed by atoms with van der Waals surface area (Å²) in [6, 6.07) is 1.90. The molecule has 1 aliphatic heterocycles. The van der Waals surface area contributed by atoms with Crippen molar-refractivity contribution in [1.29, 1.82) is 5.26 Å². The Bertz CT molecular complexity index is 224. The first kappa shape index (κ1) is 9.81. The van der Waals surface area contributed by atoms with Gasteiger partial charge >= 0.3 is 6.09 Å². The van der Waals surface area contributed by atoms with Gasteiger partial charge in [-0.2, -0.15) is 5.26 Å². The molecule has 0 saturated carbocycles. The van der Waals surface area contributed by atoms with Crippen molar-refractivity contribution in [2.24, 2.45) is 0 Å². The number of carbonyl (C=O) groups excluding carboxylic acids is 1. The largest absolute Gasteiger partial charge is 0.429 e. The lowest BCUT2D eigenvalue weighted by atomic mass is 10.3. The summed E-state index contributed by atoms with van der Waals surface area (Å²) < 4.78 is 9.59. The summed E-state index contributed by atoms with van der Waals surface area (Å²) in [7, 11) is 1.61. The van der Waals surface area contributed by atoms with E-state index in [1.807, 2.05) is 6.07 Å². The number of ether oxygens (including phenoxy) is 2. The molecule has 13 heavy (non-hydrogen) atoms. The summed E-state index contributed by atoms with van der Waals surface area (Å²) >= 11 is 0. The molecule has 0 bridgehead atoms. The Morgan fingerprint density at radius 3 is 3.15 bits per heavy atom. The van der Waals surface area contributed by atoms with E-state index in [1.165, 1.54) is 4.90 Å². The third kappa shape index (κ3) is 2.60. The summed E-state index contributed by atoms with van der Waals surface area (Å²) in [5.74, 6) is 0. The van der Waals surface area contributed by atoms with Gasteiger partial charge in [-0.05, 0) is 6.42 Å². The van der Waals surface area contributed by atoms with Gasteiger partial charge in [0.2, 0.25) is 6.10 Å². The first-order valence-corrected chi connectivity index (χ1v) is 4.12. The fourth-order valence-corrected chi connectivity index (χ4v) is 1.16. The molecule has 1 amide bonds. The molecule has 72 valence electrons. The molecule has 0 spiro atoms. The SMILES string of the molecule is COCCCN1CC(C#N)OC1=O. The Morgan fingerprint density at radius 2 is 2.62 bits per heavy atom. The number of hydrogen-bond acceptors (Lipinski definition) is 4. The minimum Gasteiger partial charge on any atom is -0.429 e. The van der Waals surface area contributed by atoms with Gasteiger partial charge in [-0.15, -0.1) is 0 Å². The zero-order valence-corrected chi connectivity index (χ0v) is 7.52. The Hall–Kier alpha value is -1.28. The summed E-state index contributed by atoms with van der Waals surface area (Å²) in [6.07, 6.45) is -0.235. The third-order valence-corrected chi connectivity index (χ3v) is 1.81. The zero-order chi connectivity index (χ0) is 9.68. The molecule has 5 heteroatoms. The molecular weight excluding hydrogens is 172 g/mol. The molecule has 1 unspecified atom stereocenters. The third-order valence-electron chi connectivity index (χ3n) is 1.81. The summed E-state index contributed by atoms with van der Waals surface area (Å²) in [5.41, 5.74) is 0. The van der Waals surface area contributed by atoms with E-state index in [9.17, 15) is 4.79 Å². The quantitative estimate of drug-likeness (QED) is 0.592. The number of carbonyl (C=O) groups is 1. The molecule has 5 nitrogen and oxygen atoms in total. The second kappa shape index (κ2) is 4.67. The van der Waals surface area contributed by atoms with E-state index in [1.54, 1.807) is 7.11 Å². The van der Waals surface area contributed by atoms with Gasteiger partial charge in [-0.1, -0.05) is 0 Å². The topological polar surface area (TPSA) is 62.6 Å². The molecule has 0 N–H and O–H groups in total. The van der Waals surface area contributed by atoms with E-state index in [2.05, 4.69) is 0 Å². The van der Waals surface area contributed by atoms with Crippen LogP contribution in [-0.2, 0) is 9.47 Å². The van der Waals surface area contributed by atoms with Gasteiger partial charge in [0.25, 0.3) is 0 Å². The van der Waals surface area contributed by atoms with Crippen molar-refractivity contribution in [2.45, 2.75) is 12.5 Å². The molecule has 1 atom stereocenters. The molecule has 0 radical (unpaired) electrons. The Morgan fingerprint density at radius 1 is 1.85 bits per heavy atom. The van der Waals surface area contributed by atoms with E-state index in [4.69, 9.17) is 14.7 Å². The zero-order valence-electron chi connectivity index (χ0n) is 7.52. The van der Waals surface area contributed by atoms with E-state index in [0.717, 1.165) is 6.42 Å². The maximum Gasteiger partial charge on any atom is 0.411 e. The van der Waals surface area contributed by atoms with Crippen LogP contribution in [0.5, 0.6) is 0 Å². The number of amides is 1. The van der Waals surface area contributed by atoms with Crippen molar-refractivity contribution in [1.82, 2.24) is 4.90 Å². The maximum absolute atomic E-state index is 11.0. The van der Waals surface area contributed by atoms with Gasteiger partial charge in [-0.3, -0.25) is 0 Å². The average Bonchev–Trinajstić information content (AvgIpc) is 2.48. The lowest BCUT2D eigenvalue weighted by Gasteiger charge is -2.10. The summed E-state index contributed by atoms with van der Waals surface area (Å²) in [5, 5.41) is 8.49. The van der Waals surface area contributed by atoms with Crippen LogP contribution in [0.1, 0.15) is 6.42 Å². The van der Waals surface area contributed by atoms with Gasteiger partial charge in [0.15, 0.2) is 0 Å². The van der Waals surface area contributed by atoms with E-state index in [0.29, 0.717) is 19.7 Å². The normalized spacial score (nSPS) is 21.4. The first-order chi connectivity index (χ1) is 6.27. The Balaban J connectivity index is 2.28. The van der Waals surface area contributed by atoms with Crippen molar-refractivity contribution >= 4 is 6.09 Å². The van der Waals surface area contributed by atoms with Crippen molar-refractivity contribution in [3.05, 3.63) is 0 Å². The highest BCUT2D eigenvalue weighted by Gasteiger charge is 2.30. The minimum absolute atomic E-state index is 0.374. The van der Waals surface area contributed by atoms with Gasteiger partial charge in [0.05, 0.1) is 6.54 Å². The van der Waals surface area contributed by atoms with Crippen LogP contribution in [0.4, 0.5) is 4.79 Å². The van der Waals surface area contributed by atoms with E-state index >= 15 is 0 Å². The number of hydrogen-bond donors (Lipinski definition) is 0. The van der Waals surface area contributed by atoms with Crippen LogP contribution in [0.15, 0.2) is 0 Å². The lowest BCUT2D eigenvalue weighted by Crippen LogP contribution is -2.26. The van der Waals surface area contributed by atoms with Crippen LogP contribution >= 0.6 is 0 Å². The smallest absolute Gasteiger partial charge is 0.411 e. The van der Waals surface area contributed by atoms with Gasteiger partial charge in [-0.25, -0.2) is 4.79 Å². The predicted octanol–water partition coefficient (Wildman–Crippen LogP) is 0.367. The van der Waals surface area contributed by atoms with Crippen LogP contribution in [0, 0.1) is 11.3 Å². The number of methoxy groups -OCH3 is 1. The molecule has 0 aromatic rings. The highest BCUT2D eigenvalue weighted by Crippen LogP contribution is 2.10. The number of nitrogens with zero attached hydrogens (tertiary/aromatic N) is 2. The van der Waals surface area contributed by atoms with Crippen LogP contribution in [0.25, 0.3) is 0 Å². The van der Waals surface area contributed by atoms with Gasteiger partial charge in [0, 0.05) is 20.3 Å². The summed E-state index contributed by atoms with van der Waals surface area (Å²) in [4.78, 5) is 12.6. The molecule has 1 aliphatic rings. The average molecular weight is 184 g/mol. The molecular formula is C8H12N2O3. The number of cyclic esters (lactones) is 1. The van der Waals surface area contributed by atoms with E-state index in [-0.39, 0.29) is 0 Å². The monoisotopic (exact) mass is 184 g/mol. The standard InChI is InChI=1S/C8H12N2O3/c1-12-4-2-3-10-6-7(5-9)13-8(10)11/h7H,2-4,6H2,1H3. The van der Waals surface area contributed by atoms with Crippen molar-refractivity contribution in [2.75, 3.05) is 26.8 Å². The second-order valence-electron chi connectivity index (χ2n) is 2.79. The lowest BCUT2D eigenvalue weighted by molar-refractivity contribution is 0.142. The van der Waals surface area contributed by atoms with Gasteiger partial charge < -0.3 is 14.4 Å². The van der Waals surface area contributed by atoms with E-state index < -0.39 is 12.2 Å². The molecule has 1 fully saturated rings. The molecule has 0 aromatic heterocycles. The Labute approximate surface area is 76.8 Å². The molecule has 1 heterocycles. The van der Waals surface area contributed by atoms with Crippen LogP contribution < -0.4 is 0 Å². The first-order valence-electron chi connectivity index (χ1n) is 4.12. The van der Waals surface area contributed by atoms with Crippen molar-refractivity contribution in [3.8, 4) is 6.07 Å². The number of nitriles is 1.